The van der Waals surface area contributed by atoms with Crippen molar-refractivity contribution < 1.29 is 18.0 Å². The van der Waals surface area contributed by atoms with E-state index in [2.05, 4.69) is 31.2 Å². The summed E-state index contributed by atoms with van der Waals surface area (Å²) in [5.41, 5.74) is -1.51. The van der Waals surface area contributed by atoms with Crippen molar-refractivity contribution in [2.45, 2.75) is 24.4 Å². The van der Waals surface area contributed by atoms with Crippen LogP contribution < -0.4 is 5.32 Å². The Labute approximate surface area is 154 Å². The first-order valence-electron chi connectivity index (χ1n) is 7.35. The Kier molecular flexibility index (Phi) is 4.76. The zero-order valence-corrected chi connectivity index (χ0v) is 15.0. The fourth-order valence-electron chi connectivity index (χ4n) is 2.60. The molecule has 9 heteroatoms. The average Bonchev–Trinajstić information content (AvgIpc) is 3.32. The molecule has 132 valence electrons. The highest BCUT2D eigenvalue weighted by Gasteiger charge is 2.47. The monoisotopic (exact) mass is 433 g/mol. The van der Waals surface area contributed by atoms with Crippen LogP contribution in [0.25, 0.3) is 0 Å². The SMILES string of the molecule is O=C(NCC1(c2ncc(Br)cc2Cl)CC1)c1ncccc1C(F)(F)F. The molecule has 3 rings (SSSR count). The summed E-state index contributed by atoms with van der Waals surface area (Å²) in [6, 6.07) is 3.68. The first-order chi connectivity index (χ1) is 11.7. The molecule has 1 amide bonds. The van der Waals surface area contributed by atoms with Gasteiger partial charge in [0.15, 0.2) is 0 Å². The molecule has 0 aromatic carbocycles. The predicted octanol–water partition coefficient (Wildman–Crippen LogP) is 4.37. The maximum absolute atomic E-state index is 13.0. The van der Waals surface area contributed by atoms with E-state index in [9.17, 15) is 18.0 Å². The molecular formula is C16H12BrClF3N3O. The minimum atomic E-state index is -4.64. The van der Waals surface area contributed by atoms with E-state index in [1.807, 2.05) is 0 Å². The number of nitrogens with zero attached hydrogens (tertiary/aromatic N) is 2. The quantitative estimate of drug-likeness (QED) is 0.777. The largest absolute Gasteiger partial charge is 0.418 e. The lowest BCUT2D eigenvalue weighted by molar-refractivity contribution is -0.138. The second-order valence-electron chi connectivity index (χ2n) is 5.84. The highest BCUT2D eigenvalue weighted by molar-refractivity contribution is 9.10. The Morgan fingerprint density at radius 3 is 2.68 bits per heavy atom. The minimum Gasteiger partial charge on any atom is -0.350 e. The molecule has 0 saturated heterocycles. The average molecular weight is 435 g/mol. The van der Waals surface area contributed by atoms with Gasteiger partial charge < -0.3 is 5.32 Å². The van der Waals surface area contributed by atoms with Crippen LogP contribution in [0.3, 0.4) is 0 Å². The van der Waals surface area contributed by atoms with E-state index in [0.717, 1.165) is 35.6 Å². The van der Waals surface area contributed by atoms with Gasteiger partial charge in [0.2, 0.25) is 0 Å². The van der Waals surface area contributed by atoms with Gasteiger partial charge in [-0.2, -0.15) is 13.2 Å². The maximum Gasteiger partial charge on any atom is 0.418 e. The number of aromatic nitrogens is 2. The van der Waals surface area contributed by atoms with E-state index in [1.165, 1.54) is 0 Å². The van der Waals surface area contributed by atoms with Crippen LogP contribution in [-0.2, 0) is 11.6 Å². The number of nitrogens with one attached hydrogen (secondary N) is 1. The van der Waals surface area contributed by atoms with Crippen LogP contribution in [0, 0.1) is 0 Å². The molecule has 2 aromatic heterocycles. The zero-order chi connectivity index (χ0) is 18.2. The molecule has 2 aromatic rings. The van der Waals surface area contributed by atoms with Gasteiger partial charge in [0, 0.05) is 28.8 Å². The summed E-state index contributed by atoms with van der Waals surface area (Å²) >= 11 is 9.48. The normalized spacial score (nSPS) is 15.7. The molecule has 1 aliphatic carbocycles. The molecule has 0 atom stereocenters. The van der Waals surface area contributed by atoms with E-state index >= 15 is 0 Å². The minimum absolute atomic E-state index is 0.147. The summed E-state index contributed by atoms with van der Waals surface area (Å²) in [4.78, 5) is 20.1. The first kappa shape index (κ1) is 18.1. The van der Waals surface area contributed by atoms with Crippen molar-refractivity contribution >= 4 is 33.4 Å². The van der Waals surface area contributed by atoms with Crippen molar-refractivity contribution in [3.63, 3.8) is 0 Å². The van der Waals surface area contributed by atoms with Crippen LogP contribution in [0.1, 0.15) is 34.6 Å². The van der Waals surface area contributed by atoms with E-state index < -0.39 is 28.8 Å². The lowest BCUT2D eigenvalue weighted by Crippen LogP contribution is -2.34. The molecule has 0 unspecified atom stereocenters. The van der Waals surface area contributed by atoms with Crippen molar-refractivity contribution in [3.05, 3.63) is 57.0 Å². The molecule has 2 heterocycles. The number of rotatable bonds is 4. The van der Waals surface area contributed by atoms with Gasteiger partial charge in [-0.1, -0.05) is 11.6 Å². The lowest BCUT2D eigenvalue weighted by Gasteiger charge is -2.18. The second kappa shape index (κ2) is 6.57. The summed E-state index contributed by atoms with van der Waals surface area (Å²) < 4.78 is 39.7. The van der Waals surface area contributed by atoms with E-state index in [4.69, 9.17) is 11.6 Å². The number of hydrogen-bond acceptors (Lipinski definition) is 3. The van der Waals surface area contributed by atoms with Gasteiger partial charge >= 0.3 is 6.18 Å². The van der Waals surface area contributed by atoms with Gasteiger partial charge in [0.25, 0.3) is 5.91 Å². The molecule has 25 heavy (non-hydrogen) atoms. The van der Waals surface area contributed by atoms with Crippen LogP contribution in [-0.4, -0.2) is 22.4 Å². The predicted molar refractivity (Wildman–Crippen MR) is 89.4 cm³/mol. The third-order valence-corrected chi connectivity index (χ3v) is 4.80. The number of pyridine rings is 2. The first-order valence-corrected chi connectivity index (χ1v) is 8.52. The summed E-state index contributed by atoms with van der Waals surface area (Å²) in [7, 11) is 0. The van der Waals surface area contributed by atoms with E-state index in [-0.39, 0.29) is 6.54 Å². The van der Waals surface area contributed by atoms with Crippen LogP contribution in [0.4, 0.5) is 13.2 Å². The Morgan fingerprint density at radius 2 is 2.08 bits per heavy atom. The van der Waals surface area contributed by atoms with Crippen molar-refractivity contribution in [1.82, 2.24) is 15.3 Å². The lowest BCUT2D eigenvalue weighted by atomic mass is 10.0. The van der Waals surface area contributed by atoms with Crippen molar-refractivity contribution in [2.24, 2.45) is 0 Å². The molecule has 0 aliphatic heterocycles. The highest BCUT2D eigenvalue weighted by atomic mass is 79.9. The molecule has 1 saturated carbocycles. The molecule has 0 bridgehead atoms. The molecule has 0 radical (unpaired) electrons. The van der Waals surface area contributed by atoms with Crippen molar-refractivity contribution in [3.8, 4) is 0 Å². The number of alkyl halides is 3. The topological polar surface area (TPSA) is 54.9 Å². The zero-order valence-electron chi connectivity index (χ0n) is 12.7. The second-order valence-corrected chi connectivity index (χ2v) is 7.17. The third-order valence-electron chi connectivity index (χ3n) is 4.08. The van der Waals surface area contributed by atoms with Gasteiger partial charge in [-0.15, -0.1) is 0 Å². The molecule has 1 aliphatic rings. The van der Waals surface area contributed by atoms with Crippen molar-refractivity contribution in [2.75, 3.05) is 6.54 Å². The standard InChI is InChI=1S/C16H12BrClF3N3O/c17-9-6-11(18)13(23-7-9)15(3-4-15)8-24-14(25)12-10(16(19,20)21)2-1-5-22-12/h1-2,5-7H,3-4,8H2,(H,24,25). The van der Waals surface area contributed by atoms with Gasteiger partial charge in [0.05, 0.1) is 16.3 Å². The van der Waals surface area contributed by atoms with Crippen LogP contribution >= 0.6 is 27.5 Å². The number of hydrogen-bond donors (Lipinski definition) is 1. The summed E-state index contributed by atoms with van der Waals surface area (Å²) in [5, 5.41) is 3.00. The number of amides is 1. The number of carbonyl (C=O) groups excluding carboxylic acids is 1. The van der Waals surface area contributed by atoms with Crippen LogP contribution in [0.2, 0.25) is 5.02 Å². The van der Waals surface area contributed by atoms with Crippen LogP contribution in [0.5, 0.6) is 0 Å². The van der Waals surface area contributed by atoms with E-state index in [1.54, 1.807) is 12.3 Å². The van der Waals surface area contributed by atoms with Gasteiger partial charge in [-0.05, 0) is 47.0 Å². The Morgan fingerprint density at radius 1 is 1.36 bits per heavy atom. The fraction of sp³-hybridized carbons (Fsp3) is 0.312. The van der Waals surface area contributed by atoms with E-state index in [0.29, 0.717) is 10.7 Å². The Balaban J connectivity index is 1.77. The van der Waals surface area contributed by atoms with Gasteiger partial charge in [0.1, 0.15) is 5.69 Å². The Bertz CT molecular complexity index is 825. The third kappa shape index (κ3) is 3.79. The molecule has 1 fully saturated rings. The summed E-state index contributed by atoms with van der Waals surface area (Å²) in [6.45, 7) is 0.147. The molecular weight excluding hydrogens is 423 g/mol. The summed E-state index contributed by atoms with van der Waals surface area (Å²) in [5.74, 6) is -0.868. The number of carbonyl (C=O) groups is 1. The number of halogens is 5. The molecule has 4 nitrogen and oxygen atoms in total. The summed E-state index contributed by atoms with van der Waals surface area (Å²) in [6.07, 6.45) is -0.394. The fourth-order valence-corrected chi connectivity index (χ4v) is 3.43. The van der Waals surface area contributed by atoms with Crippen molar-refractivity contribution in [1.29, 1.82) is 0 Å². The smallest absolute Gasteiger partial charge is 0.350 e. The molecule has 0 spiro atoms. The Hall–Kier alpha value is -1.67. The van der Waals surface area contributed by atoms with Gasteiger partial charge in [-0.3, -0.25) is 14.8 Å². The van der Waals surface area contributed by atoms with Crippen LogP contribution in [0.15, 0.2) is 35.1 Å². The molecule has 1 N–H and O–H groups in total. The maximum atomic E-state index is 13.0. The van der Waals surface area contributed by atoms with Gasteiger partial charge in [-0.25, -0.2) is 0 Å². The highest BCUT2D eigenvalue weighted by Crippen LogP contribution is 2.49.